The lowest BCUT2D eigenvalue weighted by molar-refractivity contribution is 0.0295. The second kappa shape index (κ2) is 11.8. The van der Waals surface area contributed by atoms with Gasteiger partial charge in [0.05, 0.1) is 23.2 Å². The molecule has 2 rings (SSSR count). The number of methoxy groups -OCH3 is 1. The summed E-state index contributed by atoms with van der Waals surface area (Å²) in [7, 11) is 1.58. The van der Waals surface area contributed by atoms with E-state index in [1.807, 2.05) is 20.8 Å². The van der Waals surface area contributed by atoms with E-state index < -0.39 is 0 Å². The van der Waals surface area contributed by atoms with Crippen LogP contribution < -0.4 is 4.74 Å². The van der Waals surface area contributed by atoms with Crippen LogP contribution in [0.2, 0.25) is 10.0 Å². The number of halogens is 2. The van der Waals surface area contributed by atoms with Gasteiger partial charge in [0.15, 0.2) is 0 Å². The molecule has 1 aliphatic rings. The molecule has 0 atom stereocenters. The highest BCUT2D eigenvalue weighted by molar-refractivity contribution is 6.42. The molecule has 25 heavy (non-hydrogen) atoms. The number of hydrogen-bond acceptors (Lipinski definition) is 4. The Bertz CT molecular complexity index is 575. The van der Waals surface area contributed by atoms with Crippen LogP contribution in [0, 0.1) is 11.3 Å². The molecule has 1 aromatic rings. The van der Waals surface area contributed by atoms with Gasteiger partial charge >= 0.3 is 6.09 Å². The van der Waals surface area contributed by atoms with Crippen molar-refractivity contribution in [3.05, 3.63) is 28.2 Å². The Morgan fingerprint density at radius 3 is 2.12 bits per heavy atom. The highest BCUT2D eigenvalue weighted by atomic mass is 35.5. The molecule has 1 heterocycles. The van der Waals surface area contributed by atoms with Gasteiger partial charge in [0.1, 0.15) is 11.4 Å². The van der Waals surface area contributed by atoms with Crippen LogP contribution in [0.4, 0.5) is 4.79 Å². The molecule has 0 aromatic heterocycles. The number of likely N-dealkylation sites (tertiary alicyclic amines) is 1. The number of benzene rings is 1. The normalized spacial score (nSPS) is 12.8. The van der Waals surface area contributed by atoms with Gasteiger partial charge in [-0.3, -0.25) is 0 Å². The number of rotatable bonds is 1. The van der Waals surface area contributed by atoms with Gasteiger partial charge in [0.2, 0.25) is 0 Å². The Kier molecular flexibility index (Phi) is 11.1. The number of carbonyl (C=O) groups excluding carboxylic acids is 1. The minimum atomic E-state index is -0.361. The van der Waals surface area contributed by atoms with Gasteiger partial charge in [-0.05, 0) is 45.7 Å². The largest absolute Gasteiger partial charge is 0.497 e. The molecule has 1 saturated heterocycles. The van der Waals surface area contributed by atoms with Crippen molar-refractivity contribution in [3.8, 4) is 11.8 Å². The fourth-order valence-electron chi connectivity index (χ4n) is 1.83. The number of amides is 1. The Morgan fingerprint density at radius 2 is 1.72 bits per heavy atom. The highest BCUT2D eigenvalue weighted by Gasteiger charge is 2.23. The zero-order chi connectivity index (χ0) is 19.5. The van der Waals surface area contributed by atoms with Crippen molar-refractivity contribution < 1.29 is 14.3 Å². The minimum absolute atomic E-state index is 0.167. The Balaban J connectivity index is 0.000000403. The first-order valence-electron chi connectivity index (χ1n) is 7.92. The zero-order valence-electron chi connectivity index (χ0n) is 15.4. The van der Waals surface area contributed by atoms with Gasteiger partial charge in [-0.25, -0.2) is 4.79 Å². The van der Waals surface area contributed by atoms with Gasteiger partial charge in [0, 0.05) is 26.1 Å². The van der Waals surface area contributed by atoms with Crippen molar-refractivity contribution in [3.63, 3.8) is 0 Å². The maximum atomic E-state index is 11.4. The lowest BCUT2D eigenvalue weighted by Gasteiger charge is -2.23. The predicted molar refractivity (Wildman–Crippen MR) is 101 cm³/mol. The summed E-state index contributed by atoms with van der Waals surface area (Å²) in [6, 6.07) is 6.88. The number of carbonyl (C=O) groups is 1. The molecule has 7 heteroatoms. The van der Waals surface area contributed by atoms with Crippen LogP contribution in [0.5, 0.6) is 5.75 Å². The third kappa shape index (κ3) is 10.8. The van der Waals surface area contributed by atoms with Crippen LogP contribution in [0.15, 0.2) is 18.2 Å². The summed E-state index contributed by atoms with van der Waals surface area (Å²) in [5.74, 6) is 0.717. The van der Waals surface area contributed by atoms with Crippen LogP contribution in [0.3, 0.4) is 0 Å². The number of nitrogens with zero attached hydrogens (tertiary/aromatic N) is 2. The van der Waals surface area contributed by atoms with Crippen molar-refractivity contribution in [1.29, 1.82) is 5.26 Å². The van der Waals surface area contributed by atoms with Crippen molar-refractivity contribution in [2.24, 2.45) is 0 Å². The van der Waals surface area contributed by atoms with Crippen LogP contribution in [-0.4, -0.2) is 36.8 Å². The molecule has 0 unspecified atom stereocenters. The van der Waals surface area contributed by atoms with Crippen LogP contribution in [-0.2, 0) is 4.74 Å². The summed E-state index contributed by atoms with van der Waals surface area (Å²) < 4.78 is 10.1. The highest BCUT2D eigenvalue weighted by Crippen LogP contribution is 2.25. The molecule has 1 aromatic carbocycles. The lowest BCUT2D eigenvalue weighted by atomic mass is 10.2. The van der Waals surface area contributed by atoms with E-state index >= 15 is 0 Å². The summed E-state index contributed by atoms with van der Waals surface area (Å²) in [6.45, 7) is 8.81. The van der Waals surface area contributed by atoms with E-state index in [9.17, 15) is 4.79 Å². The first kappa shape index (κ1) is 23.4. The summed E-state index contributed by atoms with van der Waals surface area (Å²) in [5, 5.41) is 8.38. The third-order valence-corrected chi connectivity index (χ3v) is 3.62. The zero-order valence-corrected chi connectivity index (χ0v) is 16.9. The summed E-state index contributed by atoms with van der Waals surface area (Å²) in [5.41, 5.74) is -0.361. The number of hydrogen-bond donors (Lipinski definition) is 0. The molecule has 0 saturated carbocycles. The fraction of sp³-hybridized carbons (Fsp3) is 0.556. The summed E-state index contributed by atoms with van der Waals surface area (Å²) >= 11 is 11.3. The van der Waals surface area contributed by atoms with E-state index in [0.717, 1.165) is 31.7 Å². The molecule has 0 bridgehead atoms. The molecule has 0 aliphatic carbocycles. The Labute approximate surface area is 160 Å². The molecule has 140 valence electrons. The topological polar surface area (TPSA) is 62.6 Å². The maximum absolute atomic E-state index is 11.4. The second-order valence-electron chi connectivity index (χ2n) is 6.18. The molecule has 0 spiro atoms. The van der Waals surface area contributed by atoms with E-state index in [2.05, 4.69) is 0 Å². The van der Waals surface area contributed by atoms with Crippen molar-refractivity contribution in [1.82, 2.24) is 4.90 Å². The van der Waals surface area contributed by atoms with E-state index in [0.29, 0.717) is 10.0 Å². The molecule has 5 nitrogen and oxygen atoms in total. The first-order chi connectivity index (χ1) is 11.6. The monoisotopic (exact) mass is 388 g/mol. The van der Waals surface area contributed by atoms with Gasteiger partial charge in [-0.2, -0.15) is 5.26 Å². The van der Waals surface area contributed by atoms with Crippen molar-refractivity contribution >= 4 is 29.3 Å². The van der Waals surface area contributed by atoms with Crippen LogP contribution in [0.1, 0.15) is 40.5 Å². The molecular formula is C18H26Cl2N2O3. The van der Waals surface area contributed by atoms with Crippen molar-refractivity contribution in [2.75, 3.05) is 20.2 Å². The van der Waals surface area contributed by atoms with Gasteiger partial charge in [-0.1, -0.05) is 23.2 Å². The quantitative estimate of drug-likeness (QED) is 0.632. The SMILES string of the molecule is CC#N.CC(C)(C)OC(=O)N1CCCC1.COc1ccc(Cl)c(Cl)c1. The van der Waals surface area contributed by atoms with Gasteiger partial charge in [-0.15, -0.1) is 0 Å². The van der Waals surface area contributed by atoms with E-state index in [4.69, 9.17) is 37.9 Å². The Hall–Kier alpha value is -1.64. The lowest BCUT2D eigenvalue weighted by Crippen LogP contribution is -2.34. The fourth-order valence-corrected chi connectivity index (χ4v) is 2.12. The predicted octanol–water partition coefficient (Wildman–Crippen LogP) is 5.55. The van der Waals surface area contributed by atoms with Crippen LogP contribution >= 0.6 is 23.2 Å². The Morgan fingerprint density at radius 1 is 1.20 bits per heavy atom. The number of ether oxygens (including phenoxy) is 2. The number of nitriles is 1. The van der Waals surface area contributed by atoms with E-state index in [1.54, 1.807) is 36.3 Å². The summed E-state index contributed by atoms with van der Waals surface area (Å²) in [6.07, 6.45) is 2.05. The maximum Gasteiger partial charge on any atom is 0.410 e. The first-order valence-corrected chi connectivity index (χ1v) is 8.68. The average Bonchev–Trinajstić information content (AvgIpc) is 3.04. The van der Waals surface area contributed by atoms with Gasteiger partial charge in [0.25, 0.3) is 0 Å². The molecule has 1 aliphatic heterocycles. The summed E-state index contributed by atoms with van der Waals surface area (Å²) in [4.78, 5) is 13.1. The molecule has 1 amide bonds. The van der Waals surface area contributed by atoms with E-state index in [-0.39, 0.29) is 11.7 Å². The standard InChI is InChI=1S/C9H17NO2.C7H6Cl2O.C2H3N/c1-9(2,3)12-8(11)10-6-4-5-7-10;1-10-5-2-3-6(8)7(9)4-5;1-2-3/h4-7H2,1-3H3;2-4H,1H3;1H3. The molecule has 1 fully saturated rings. The van der Waals surface area contributed by atoms with E-state index in [1.165, 1.54) is 6.92 Å². The molecule has 0 N–H and O–H groups in total. The smallest absolute Gasteiger partial charge is 0.410 e. The third-order valence-electron chi connectivity index (χ3n) is 2.88. The second-order valence-corrected chi connectivity index (χ2v) is 6.99. The minimum Gasteiger partial charge on any atom is -0.497 e. The van der Waals surface area contributed by atoms with Gasteiger partial charge < -0.3 is 14.4 Å². The molecular weight excluding hydrogens is 363 g/mol. The van der Waals surface area contributed by atoms with Crippen molar-refractivity contribution in [2.45, 2.75) is 46.1 Å². The average molecular weight is 389 g/mol. The molecule has 0 radical (unpaired) electrons. The van der Waals surface area contributed by atoms with Crippen LogP contribution in [0.25, 0.3) is 0 Å².